The highest BCUT2D eigenvalue weighted by Gasteiger charge is 2.32. The number of fused-ring (bicyclic) bond motifs is 1. The maximum Gasteiger partial charge on any atom is 0.243 e. The van der Waals surface area contributed by atoms with Crippen molar-refractivity contribution >= 4 is 52.2 Å². The zero-order valence-corrected chi connectivity index (χ0v) is 29.2. The molecule has 53 heavy (non-hydrogen) atoms. The largest absolute Gasteiger partial charge is 0.508 e. The minimum atomic E-state index is -1.19. The van der Waals surface area contributed by atoms with Crippen molar-refractivity contribution in [2.75, 3.05) is 19.6 Å². The van der Waals surface area contributed by atoms with Crippen LogP contribution in [0.15, 0.2) is 76.7 Å². The quantitative estimate of drug-likeness (QED) is 0.0585. The van der Waals surface area contributed by atoms with Gasteiger partial charge in [-0.15, -0.1) is 0 Å². The maximum absolute atomic E-state index is 13.9. The lowest BCUT2D eigenvalue weighted by Crippen LogP contribution is -2.58. The summed E-state index contributed by atoms with van der Waals surface area (Å²) < 4.78 is 0. The molecule has 1 aliphatic heterocycles. The van der Waals surface area contributed by atoms with Gasteiger partial charge in [-0.05, 0) is 59.7 Å². The number of phenols is 1. The lowest BCUT2D eigenvalue weighted by Gasteiger charge is -2.26. The van der Waals surface area contributed by atoms with E-state index in [1.807, 2.05) is 42.5 Å². The van der Waals surface area contributed by atoms with Gasteiger partial charge in [-0.3, -0.25) is 34.0 Å². The molecule has 17 nitrogen and oxygen atoms in total. The Hall–Kier alpha value is -6.39. The van der Waals surface area contributed by atoms with E-state index in [-0.39, 0.29) is 69.3 Å². The standard InChI is InChI=1S/C36H47N11O6/c37-35(38)41-15-3-7-26-32(51)45-27(8-4-16-42-36(39)40)33(52)47-28(19-22-9-12-23-5-1-2-6-24(23)17-22)31(50)43-20-30(49)44-29(34(53)46-26)18-21-10-13-25(48)14-11-21/h1-2,5-6,9-14,17,26-29,48H,3-4,7-8,15-16,18-20H2,(H,43,50)(H,44,49)(H,45,51)(H,46,53)(H,47,52)(H4,37,38,41)(H4,39,40,42)/t26-,27+,28+,29-/m1/s1. The van der Waals surface area contributed by atoms with Gasteiger partial charge in [0.05, 0.1) is 6.54 Å². The number of aromatic hydroxyl groups is 1. The minimum absolute atomic E-state index is 0.00775. The summed E-state index contributed by atoms with van der Waals surface area (Å²) in [4.78, 5) is 76.4. The summed E-state index contributed by atoms with van der Waals surface area (Å²) in [6.45, 7) is -0.194. The van der Waals surface area contributed by atoms with Crippen molar-refractivity contribution in [3.8, 4) is 5.75 Å². The van der Waals surface area contributed by atoms with Gasteiger partial charge in [0.15, 0.2) is 11.9 Å². The molecule has 3 aromatic rings. The molecule has 0 unspecified atom stereocenters. The monoisotopic (exact) mass is 729 g/mol. The van der Waals surface area contributed by atoms with Crippen LogP contribution in [0.4, 0.5) is 0 Å². The molecule has 17 heteroatoms. The zero-order chi connectivity index (χ0) is 38.3. The van der Waals surface area contributed by atoms with E-state index in [0.717, 1.165) is 16.3 Å². The molecular weight excluding hydrogens is 682 g/mol. The van der Waals surface area contributed by atoms with Gasteiger partial charge < -0.3 is 54.6 Å². The summed E-state index contributed by atoms with van der Waals surface area (Å²) in [6, 6.07) is 14.7. The van der Waals surface area contributed by atoms with Crippen molar-refractivity contribution < 1.29 is 29.1 Å². The number of aliphatic imine (C=N–C) groups is 2. The van der Waals surface area contributed by atoms with Gasteiger partial charge >= 0.3 is 0 Å². The predicted octanol–water partition coefficient (Wildman–Crippen LogP) is -1.49. The number of nitrogens with two attached hydrogens (primary N) is 4. The first kappa shape index (κ1) is 39.4. The highest BCUT2D eigenvalue weighted by molar-refractivity contribution is 5.97. The number of hydrogen-bond donors (Lipinski definition) is 10. The first-order chi connectivity index (χ1) is 25.4. The van der Waals surface area contributed by atoms with Crippen LogP contribution >= 0.6 is 0 Å². The summed E-state index contributed by atoms with van der Waals surface area (Å²) in [6.07, 6.45) is 0.769. The number of phenolic OH excluding ortho intramolecular Hbond substituents is 1. The normalized spacial score (nSPS) is 20.0. The van der Waals surface area contributed by atoms with E-state index in [9.17, 15) is 29.1 Å². The molecule has 1 saturated heterocycles. The van der Waals surface area contributed by atoms with Gasteiger partial charge in [0.25, 0.3) is 0 Å². The van der Waals surface area contributed by atoms with Gasteiger partial charge in [-0.1, -0.05) is 54.6 Å². The second kappa shape index (κ2) is 19.3. The van der Waals surface area contributed by atoms with Crippen LogP contribution in [-0.2, 0) is 36.8 Å². The molecule has 1 aliphatic rings. The third-order valence-corrected chi connectivity index (χ3v) is 8.49. The lowest BCUT2D eigenvalue weighted by atomic mass is 10.0. The Kier molecular flexibility index (Phi) is 14.3. The number of nitrogens with one attached hydrogen (secondary N) is 5. The van der Waals surface area contributed by atoms with Crippen molar-refractivity contribution in [2.45, 2.75) is 62.7 Å². The number of carbonyl (C=O) groups excluding carboxylic acids is 5. The van der Waals surface area contributed by atoms with Crippen LogP contribution in [0.25, 0.3) is 10.8 Å². The second-order valence-corrected chi connectivity index (χ2v) is 12.7. The van der Waals surface area contributed by atoms with Crippen LogP contribution in [0.1, 0.15) is 36.8 Å². The number of benzene rings is 3. The molecule has 0 saturated carbocycles. The van der Waals surface area contributed by atoms with E-state index < -0.39 is 60.2 Å². The smallest absolute Gasteiger partial charge is 0.243 e. The van der Waals surface area contributed by atoms with Crippen LogP contribution in [0.5, 0.6) is 5.75 Å². The summed E-state index contributed by atoms with van der Waals surface area (Å²) in [5.41, 5.74) is 23.2. The molecule has 1 heterocycles. The molecule has 282 valence electrons. The maximum atomic E-state index is 13.9. The third-order valence-electron chi connectivity index (χ3n) is 8.49. The minimum Gasteiger partial charge on any atom is -0.508 e. The molecular formula is C36H47N11O6. The number of rotatable bonds is 12. The average molecular weight is 730 g/mol. The average Bonchev–Trinajstić information content (AvgIpc) is 3.12. The number of nitrogens with zero attached hydrogens (tertiary/aromatic N) is 2. The number of guanidine groups is 2. The Balaban J connectivity index is 1.68. The third kappa shape index (κ3) is 12.7. The van der Waals surface area contributed by atoms with Crippen LogP contribution in [0, 0.1) is 0 Å². The number of amides is 5. The van der Waals surface area contributed by atoms with E-state index in [1.165, 1.54) is 12.1 Å². The molecule has 0 radical (unpaired) electrons. The molecule has 5 amide bonds. The van der Waals surface area contributed by atoms with E-state index in [2.05, 4.69) is 36.6 Å². The van der Waals surface area contributed by atoms with Gasteiger partial charge in [0.1, 0.15) is 29.9 Å². The van der Waals surface area contributed by atoms with Crippen molar-refractivity contribution in [1.82, 2.24) is 26.6 Å². The Morgan fingerprint density at radius 1 is 0.604 bits per heavy atom. The summed E-state index contributed by atoms with van der Waals surface area (Å²) in [7, 11) is 0. The highest BCUT2D eigenvalue weighted by Crippen LogP contribution is 2.17. The van der Waals surface area contributed by atoms with Crippen LogP contribution < -0.4 is 49.5 Å². The van der Waals surface area contributed by atoms with Crippen LogP contribution in [0.3, 0.4) is 0 Å². The van der Waals surface area contributed by atoms with Crippen LogP contribution in [-0.4, -0.2) is 90.4 Å². The zero-order valence-electron chi connectivity index (χ0n) is 29.2. The Morgan fingerprint density at radius 2 is 1.09 bits per heavy atom. The van der Waals surface area contributed by atoms with E-state index >= 15 is 0 Å². The fourth-order valence-corrected chi connectivity index (χ4v) is 5.79. The Morgan fingerprint density at radius 3 is 1.68 bits per heavy atom. The molecule has 4 atom stereocenters. The van der Waals surface area contributed by atoms with Crippen molar-refractivity contribution in [3.05, 3.63) is 77.9 Å². The molecule has 14 N–H and O–H groups in total. The summed E-state index contributed by atoms with van der Waals surface area (Å²) in [5.74, 6) is -3.66. The van der Waals surface area contributed by atoms with E-state index in [0.29, 0.717) is 5.56 Å². The fourth-order valence-electron chi connectivity index (χ4n) is 5.79. The molecule has 0 spiro atoms. The molecule has 4 rings (SSSR count). The van der Waals surface area contributed by atoms with Crippen LogP contribution in [0.2, 0.25) is 0 Å². The summed E-state index contributed by atoms with van der Waals surface area (Å²) >= 11 is 0. The molecule has 3 aromatic carbocycles. The Labute approximate surface area is 306 Å². The Bertz CT molecular complexity index is 1820. The molecule has 0 bridgehead atoms. The van der Waals surface area contributed by atoms with Crippen molar-refractivity contribution in [2.24, 2.45) is 32.9 Å². The molecule has 0 aromatic heterocycles. The fraction of sp³-hybridized carbons (Fsp3) is 0.361. The topological polar surface area (TPSA) is 295 Å². The van der Waals surface area contributed by atoms with E-state index in [4.69, 9.17) is 22.9 Å². The van der Waals surface area contributed by atoms with E-state index in [1.54, 1.807) is 12.1 Å². The first-order valence-electron chi connectivity index (χ1n) is 17.2. The van der Waals surface area contributed by atoms with Gasteiger partial charge in [-0.2, -0.15) is 0 Å². The first-order valence-corrected chi connectivity index (χ1v) is 17.2. The number of carbonyl (C=O) groups is 5. The predicted molar refractivity (Wildman–Crippen MR) is 200 cm³/mol. The molecule has 0 aliphatic carbocycles. The highest BCUT2D eigenvalue weighted by atomic mass is 16.3. The van der Waals surface area contributed by atoms with Crippen molar-refractivity contribution in [1.29, 1.82) is 0 Å². The van der Waals surface area contributed by atoms with Gasteiger partial charge in [0.2, 0.25) is 29.5 Å². The van der Waals surface area contributed by atoms with Gasteiger partial charge in [0, 0.05) is 25.9 Å². The second-order valence-electron chi connectivity index (χ2n) is 12.7. The van der Waals surface area contributed by atoms with Crippen molar-refractivity contribution in [3.63, 3.8) is 0 Å². The van der Waals surface area contributed by atoms with Gasteiger partial charge in [-0.25, -0.2) is 0 Å². The molecule has 1 fully saturated rings. The number of hydrogen-bond acceptors (Lipinski definition) is 8. The summed E-state index contributed by atoms with van der Waals surface area (Å²) in [5, 5.41) is 25.1. The SMILES string of the molecule is NC(N)=NCCC[C@@H]1NC(=O)[C@@H](CCCN=C(N)N)NC(=O)[C@@H](Cc2ccc(O)cc2)NC(=O)CNC(=O)[C@H](Cc2ccc3ccccc3c2)NC1=O. The lowest BCUT2D eigenvalue weighted by molar-refractivity contribution is -0.134.